The quantitative estimate of drug-likeness (QED) is 0.482. The van der Waals surface area contributed by atoms with Crippen LogP contribution in [0.25, 0.3) is 0 Å². The number of hydrogen-bond acceptors (Lipinski definition) is 7. The fraction of sp³-hybridized carbons (Fsp3) is 0.200. The number of anilines is 2. The van der Waals surface area contributed by atoms with Crippen LogP contribution in [-0.2, 0) is 4.74 Å². The van der Waals surface area contributed by atoms with Gasteiger partial charge in [0.2, 0.25) is 5.82 Å². The van der Waals surface area contributed by atoms with Gasteiger partial charge < -0.3 is 14.8 Å². The molecule has 0 saturated heterocycles. The summed E-state index contributed by atoms with van der Waals surface area (Å²) in [4.78, 5) is 25.7. The summed E-state index contributed by atoms with van der Waals surface area (Å²) < 4.78 is 33.7. The maximum atomic E-state index is 12.4. The summed E-state index contributed by atoms with van der Waals surface area (Å²) in [7, 11) is 1.14. The molecule has 1 aromatic carbocycles. The molecule has 0 radical (unpaired) electrons. The zero-order valence-electron chi connectivity index (χ0n) is 13.2. The van der Waals surface area contributed by atoms with Gasteiger partial charge in [-0.25, -0.2) is 9.78 Å². The number of nitro groups is 1. The lowest BCUT2D eigenvalue weighted by molar-refractivity contribution is -0.384. The van der Waals surface area contributed by atoms with Crippen LogP contribution < -0.4 is 10.1 Å². The van der Waals surface area contributed by atoms with E-state index in [4.69, 9.17) is 0 Å². The fourth-order valence-corrected chi connectivity index (χ4v) is 1.96. The van der Waals surface area contributed by atoms with E-state index in [1.807, 2.05) is 0 Å². The van der Waals surface area contributed by atoms with Gasteiger partial charge in [0.15, 0.2) is 0 Å². The van der Waals surface area contributed by atoms with Gasteiger partial charge in [0.1, 0.15) is 5.75 Å². The van der Waals surface area contributed by atoms with Gasteiger partial charge >= 0.3 is 18.3 Å². The normalized spacial score (nSPS) is 10.4. The van der Waals surface area contributed by atoms with Crippen LogP contribution in [0, 0.1) is 17.0 Å². The number of nitrogens with one attached hydrogen (secondary N) is 1. The van der Waals surface area contributed by atoms with Crippen LogP contribution in [0.4, 0.5) is 26.0 Å². The summed E-state index contributed by atoms with van der Waals surface area (Å²) in [6.07, 6.45) is 1.10. The van der Waals surface area contributed by atoms with E-state index in [1.54, 1.807) is 6.92 Å². The van der Waals surface area contributed by atoms with Crippen molar-refractivity contribution in [1.29, 1.82) is 0 Å². The highest BCUT2D eigenvalue weighted by Crippen LogP contribution is 2.30. The minimum absolute atomic E-state index is 0.0752. The number of esters is 1. The van der Waals surface area contributed by atoms with E-state index < -0.39 is 23.2 Å². The van der Waals surface area contributed by atoms with E-state index in [-0.39, 0.29) is 22.8 Å². The number of rotatable bonds is 6. The number of ether oxygens (including phenoxy) is 2. The van der Waals surface area contributed by atoms with Gasteiger partial charge in [-0.15, -0.1) is 0 Å². The molecule has 1 aromatic heterocycles. The Labute approximate surface area is 140 Å². The number of aromatic nitrogens is 1. The molecule has 0 aliphatic heterocycles. The van der Waals surface area contributed by atoms with Crippen molar-refractivity contribution in [3.63, 3.8) is 0 Å². The number of alkyl halides is 2. The van der Waals surface area contributed by atoms with Crippen LogP contribution in [-0.4, -0.2) is 29.6 Å². The SMILES string of the molecule is COC(=O)c1cnc(Nc2ccc(C)c(OC(F)F)c2)c([N+](=O)[O-])c1. The topological polar surface area (TPSA) is 104 Å². The van der Waals surface area contributed by atoms with Crippen LogP contribution in [0.5, 0.6) is 5.75 Å². The number of carbonyl (C=O) groups excluding carboxylic acids is 1. The zero-order chi connectivity index (χ0) is 18.6. The van der Waals surface area contributed by atoms with Crippen molar-refractivity contribution >= 4 is 23.2 Å². The van der Waals surface area contributed by atoms with E-state index >= 15 is 0 Å². The number of halogens is 2. The molecule has 2 aromatic rings. The largest absolute Gasteiger partial charge is 0.465 e. The van der Waals surface area contributed by atoms with Crippen molar-refractivity contribution in [2.45, 2.75) is 13.5 Å². The standard InChI is InChI=1S/C15H13F2N3O5/c1-8-3-4-10(6-12(8)25-15(16)17)19-13-11(20(22)23)5-9(7-18-13)14(21)24-2/h3-7,15H,1-2H3,(H,18,19). The van der Waals surface area contributed by atoms with Crippen LogP contribution in [0.3, 0.4) is 0 Å². The second kappa shape index (κ2) is 7.51. The van der Waals surface area contributed by atoms with Gasteiger partial charge in [0.05, 0.1) is 17.6 Å². The Morgan fingerprint density at radius 1 is 1.36 bits per heavy atom. The molecular weight excluding hydrogens is 340 g/mol. The summed E-state index contributed by atoms with van der Waals surface area (Å²) >= 11 is 0. The average molecular weight is 353 g/mol. The Morgan fingerprint density at radius 3 is 2.68 bits per heavy atom. The molecule has 0 aliphatic rings. The third-order valence-electron chi connectivity index (χ3n) is 3.15. The highest BCUT2D eigenvalue weighted by atomic mass is 19.3. The molecule has 2 rings (SSSR count). The van der Waals surface area contributed by atoms with Gasteiger partial charge in [-0.1, -0.05) is 6.07 Å². The minimum Gasteiger partial charge on any atom is -0.465 e. The number of hydrogen-bond donors (Lipinski definition) is 1. The van der Waals surface area contributed by atoms with Gasteiger partial charge in [-0.2, -0.15) is 8.78 Å². The van der Waals surface area contributed by atoms with Crippen LogP contribution in [0.1, 0.15) is 15.9 Å². The Kier molecular flexibility index (Phi) is 5.42. The van der Waals surface area contributed by atoms with Gasteiger partial charge in [-0.05, 0) is 18.6 Å². The fourth-order valence-electron chi connectivity index (χ4n) is 1.96. The molecule has 0 aliphatic carbocycles. The van der Waals surface area contributed by atoms with E-state index in [0.717, 1.165) is 19.4 Å². The number of pyridine rings is 1. The molecule has 0 unspecified atom stereocenters. The predicted octanol–water partition coefficient (Wildman–Crippen LogP) is 3.43. The molecule has 132 valence electrons. The lowest BCUT2D eigenvalue weighted by Crippen LogP contribution is -2.07. The number of nitrogens with zero attached hydrogens (tertiary/aromatic N) is 2. The van der Waals surface area contributed by atoms with Crippen molar-refractivity contribution < 1.29 is 28.0 Å². The van der Waals surface area contributed by atoms with E-state index in [2.05, 4.69) is 19.8 Å². The highest BCUT2D eigenvalue weighted by Gasteiger charge is 2.20. The molecule has 10 heteroatoms. The molecule has 0 fully saturated rings. The van der Waals surface area contributed by atoms with E-state index in [9.17, 15) is 23.7 Å². The Bertz CT molecular complexity index is 814. The molecule has 0 atom stereocenters. The number of carbonyl (C=O) groups is 1. The van der Waals surface area contributed by atoms with Crippen molar-refractivity contribution in [1.82, 2.24) is 4.98 Å². The Morgan fingerprint density at radius 2 is 2.08 bits per heavy atom. The number of benzene rings is 1. The molecule has 0 saturated carbocycles. The molecule has 0 amide bonds. The first-order chi connectivity index (χ1) is 11.8. The molecular formula is C15H13F2N3O5. The highest BCUT2D eigenvalue weighted by molar-refractivity contribution is 5.90. The van der Waals surface area contributed by atoms with Crippen LogP contribution >= 0.6 is 0 Å². The first-order valence-electron chi connectivity index (χ1n) is 6.87. The summed E-state index contributed by atoms with van der Waals surface area (Å²) in [5.74, 6) is -1.01. The minimum atomic E-state index is -3.00. The lowest BCUT2D eigenvalue weighted by Gasteiger charge is -2.11. The van der Waals surface area contributed by atoms with Gasteiger partial charge in [0.25, 0.3) is 0 Å². The van der Waals surface area contributed by atoms with Crippen molar-refractivity contribution in [2.24, 2.45) is 0 Å². The molecule has 1 heterocycles. The number of methoxy groups -OCH3 is 1. The van der Waals surface area contributed by atoms with Crippen LogP contribution in [0.15, 0.2) is 30.5 Å². The number of aryl methyl sites for hydroxylation is 1. The maximum absolute atomic E-state index is 12.4. The molecule has 0 spiro atoms. The summed E-state index contributed by atoms with van der Waals surface area (Å²) in [5.41, 5.74) is 0.155. The van der Waals surface area contributed by atoms with Gasteiger partial charge in [-0.3, -0.25) is 10.1 Å². The molecule has 0 bridgehead atoms. The molecule has 25 heavy (non-hydrogen) atoms. The van der Waals surface area contributed by atoms with Crippen molar-refractivity contribution in [3.8, 4) is 5.75 Å². The summed E-state index contributed by atoms with van der Waals surface area (Å²) in [6.45, 7) is -1.42. The second-order valence-corrected chi connectivity index (χ2v) is 4.82. The first kappa shape index (κ1) is 18.0. The third-order valence-corrected chi connectivity index (χ3v) is 3.15. The van der Waals surface area contributed by atoms with E-state index in [1.165, 1.54) is 18.2 Å². The maximum Gasteiger partial charge on any atom is 0.387 e. The van der Waals surface area contributed by atoms with Crippen molar-refractivity contribution in [3.05, 3.63) is 51.7 Å². The first-order valence-corrected chi connectivity index (χ1v) is 6.87. The Balaban J connectivity index is 2.36. The van der Waals surface area contributed by atoms with Gasteiger partial charge in [0, 0.05) is 24.0 Å². The smallest absolute Gasteiger partial charge is 0.387 e. The summed E-state index contributed by atoms with van der Waals surface area (Å²) in [5, 5.41) is 13.8. The lowest BCUT2D eigenvalue weighted by atomic mass is 10.2. The monoisotopic (exact) mass is 353 g/mol. The third kappa shape index (κ3) is 4.37. The second-order valence-electron chi connectivity index (χ2n) is 4.82. The summed E-state index contributed by atoms with van der Waals surface area (Å²) in [6, 6.07) is 5.30. The Hall–Kier alpha value is -3.30. The van der Waals surface area contributed by atoms with Crippen LogP contribution in [0.2, 0.25) is 0 Å². The molecule has 1 N–H and O–H groups in total. The predicted molar refractivity (Wildman–Crippen MR) is 83.3 cm³/mol. The zero-order valence-corrected chi connectivity index (χ0v) is 13.2. The van der Waals surface area contributed by atoms with Crippen molar-refractivity contribution in [2.75, 3.05) is 12.4 Å². The molecule has 8 nitrogen and oxygen atoms in total. The average Bonchev–Trinajstić information content (AvgIpc) is 2.56. The van der Waals surface area contributed by atoms with E-state index in [0.29, 0.717) is 5.56 Å².